The third kappa shape index (κ3) is 3.67. The predicted molar refractivity (Wildman–Crippen MR) is 74.1 cm³/mol. The Labute approximate surface area is 120 Å². The average Bonchev–Trinajstić information content (AvgIpc) is 2.53. The number of ether oxygens (including phenoxy) is 2. The number of hydrogen-bond donors (Lipinski definition) is 1. The van der Waals surface area contributed by atoms with Crippen LogP contribution in [0.15, 0.2) is 36.5 Å². The summed E-state index contributed by atoms with van der Waals surface area (Å²) in [5, 5.41) is 19.8. The summed E-state index contributed by atoms with van der Waals surface area (Å²) in [5.41, 5.74) is 1.09. The Morgan fingerprint density at radius 2 is 2.14 bits per heavy atom. The Balaban J connectivity index is 2.08. The van der Waals surface area contributed by atoms with Gasteiger partial charge in [-0.3, -0.25) is 15.1 Å². The number of nitro benzene ring substituents is 1. The van der Waals surface area contributed by atoms with Gasteiger partial charge in [0.25, 0.3) is 0 Å². The van der Waals surface area contributed by atoms with E-state index in [0.717, 1.165) is 0 Å². The SMILES string of the molecule is COc1ccc(COc2ccc(CO)nc2)cc1[N+](=O)[O-]. The molecule has 110 valence electrons. The first kappa shape index (κ1) is 14.7. The van der Waals surface area contributed by atoms with Crippen LogP contribution in [0.5, 0.6) is 11.5 Å². The highest BCUT2D eigenvalue weighted by Crippen LogP contribution is 2.27. The van der Waals surface area contributed by atoms with Crippen molar-refractivity contribution >= 4 is 5.69 Å². The van der Waals surface area contributed by atoms with E-state index < -0.39 is 4.92 Å². The minimum absolute atomic E-state index is 0.104. The van der Waals surface area contributed by atoms with Crippen molar-refractivity contribution in [2.75, 3.05) is 7.11 Å². The van der Waals surface area contributed by atoms with Gasteiger partial charge in [0.1, 0.15) is 12.4 Å². The molecule has 0 radical (unpaired) electrons. The Kier molecular flexibility index (Phi) is 4.68. The molecular weight excluding hydrogens is 276 g/mol. The van der Waals surface area contributed by atoms with Gasteiger partial charge < -0.3 is 14.6 Å². The maximum atomic E-state index is 10.9. The van der Waals surface area contributed by atoms with E-state index in [2.05, 4.69) is 4.98 Å². The van der Waals surface area contributed by atoms with Gasteiger partial charge in [-0.25, -0.2) is 0 Å². The molecule has 0 aliphatic heterocycles. The summed E-state index contributed by atoms with van der Waals surface area (Å²) >= 11 is 0. The fraction of sp³-hybridized carbons (Fsp3) is 0.214. The Morgan fingerprint density at radius 3 is 2.71 bits per heavy atom. The molecule has 1 aromatic carbocycles. The summed E-state index contributed by atoms with van der Waals surface area (Å²) in [6.45, 7) is 0.0376. The largest absolute Gasteiger partial charge is 0.490 e. The van der Waals surface area contributed by atoms with Crippen molar-refractivity contribution in [1.82, 2.24) is 4.98 Å². The van der Waals surface area contributed by atoms with E-state index in [4.69, 9.17) is 14.6 Å². The molecule has 2 rings (SSSR count). The third-order valence-electron chi connectivity index (χ3n) is 2.81. The van der Waals surface area contributed by atoms with Crippen molar-refractivity contribution in [1.29, 1.82) is 0 Å². The van der Waals surface area contributed by atoms with Crippen LogP contribution in [0.1, 0.15) is 11.3 Å². The molecule has 0 fully saturated rings. The molecule has 0 spiro atoms. The molecule has 0 bridgehead atoms. The molecule has 2 aromatic rings. The summed E-state index contributed by atoms with van der Waals surface area (Å²) in [4.78, 5) is 14.4. The van der Waals surface area contributed by atoms with Gasteiger partial charge in [-0.1, -0.05) is 6.07 Å². The number of rotatable bonds is 6. The predicted octanol–water partition coefficient (Wildman–Crippen LogP) is 2.07. The monoisotopic (exact) mass is 290 g/mol. The average molecular weight is 290 g/mol. The second-order valence-corrected chi connectivity index (χ2v) is 4.20. The topological polar surface area (TPSA) is 94.7 Å². The van der Waals surface area contributed by atoms with Gasteiger partial charge >= 0.3 is 5.69 Å². The summed E-state index contributed by atoms with van der Waals surface area (Å²) in [6, 6.07) is 7.96. The first-order chi connectivity index (χ1) is 10.1. The quantitative estimate of drug-likeness (QED) is 0.646. The van der Waals surface area contributed by atoms with E-state index in [-0.39, 0.29) is 24.7 Å². The first-order valence-corrected chi connectivity index (χ1v) is 6.14. The molecule has 0 amide bonds. The summed E-state index contributed by atoms with van der Waals surface area (Å²) in [7, 11) is 1.38. The van der Waals surface area contributed by atoms with E-state index >= 15 is 0 Å². The highest BCUT2D eigenvalue weighted by atomic mass is 16.6. The Bertz CT molecular complexity index is 628. The van der Waals surface area contributed by atoms with Crippen LogP contribution in [0.25, 0.3) is 0 Å². The molecule has 0 unspecified atom stereocenters. The fourth-order valence-electron chi connectivity index (χ4n) is 1.72. The zero-order valence-corrected chi connectivity index (χ0v) is 11.4. The van der Waals surface area contributed by atoms with Crippen LogP contribution in [0, 0.1) is 10.1 Å². The van der Waals surface area contributed by atoms with Crippen LogP contribution in [0.4, 0.5) is 5.69 Å². The number of benzene rings is 1. The maximum Gasteiger partial charge on any atom is 0.311 e. The van der Waals surface area contributed by atoms with E-state index in [0.29, 0.717) is 17.0 Å². The van der Waals surface area contributed by atoms with E-state index in [1.165, 1.54) is 25.4 Å². The molecule has 1 N–H and O–H groups in total. The van der Waals surface area contributed by atoms with Crippen molar-refractivity contribution in [3.05, 3.63) is 57.9 Å². The molecule has 1 aromatic heterocycles. The lowest BCUT2D eigenvalue weighted by Crippen LogP contribution is -1.99. The molecule has 0 aliphatic rings. The van der Waals surface area contributed by atoms with Crippen molar-refractivity contribution in [3.8, 4) is 11.5 Å². The minimum atomic E-state index is -0.500. The number of nitro groups is 1. The van der Waals surface area contributed by atoms with Gasteiger partial charge in [0.15, 0.2) is 5.75 Å². The lowest BCUT2D eigenvalue weighted by molar-refractivity contribution is -0.385. The number of hydrogen-bond acceptors (Lipinski definition) is 6. The lowest BCUT2D eigenvalue weighted by Gasteiger charge is -2.07. The highest BCUT2D eigenvalue weighted by Gasteiger charge is 2.15. The zero-order chi connectivity index (χ0) is 15.2. The fourth-order valence-corrected chi connectivity index (χ4v) is 1.72. The smallest absolute Gasteiger partial charge is 0.311 e. The molecule has 0 saturated carbocycles. The number of aromatic nitrogens is 1. The minimum Gasteiger partial charge on any atom is -0.490 e. The number of aliphatic hydroxyl groups is 1. The molecule has 1 heterocycles. The van der Waals surface area contributed by atoms with Gasteiger partial charge in [-0.2, -0.15) is 0 Å². The second kappa shape index (κ2) is 6.67. The van der Waals surface area contributed by atoms with Gasteiger partial charge in [-0.05, 0) is 23.8 Å². The Morgan fingerprint density at radius 1 is 1.33 bits per heavy atom. The number of aliphatic hydroxyl groups excluding tert-OH is 1. The second-order valence-electron chi connectivity index (χ2n) is 4.20. The molecular formula is C14H14N2O5. The zero-order valence-electron chi connectivity index (χ0n) is 11.4. The summed E-state index contributed by atoms with van der Waals surface area (Å²) in [6.07, 6.45) is 1.49. The molecule has 7 heteroatoms. The van der Waals surface area contributed by atoms with Gasteiger partial charge in [0, 0.05) is 6.07 Å². The van der Waals surface area contributed by atoms with Crippen molar-refractivity contribution in [3.63, 3.8) is 0 Å². The van der Waals surface area contributed by atoms with Crippen LogP contribution in [-0.2, 0) is 13.2 Å². The van der Waals surface area contributed by atoms with Crippen molar-refractivity contribution in [2.45, 2.75) is 13.2 Å². The first-order valence-electron chi connectivity index (χ1n) is 6.14. The van der Waals surface area contributed by atoms with E-state index in [1.54, 1.807) is 18.2 Å². The number of pyridine rings is 1. The molecule has 0 saturated heterocycles. The summed E-state index contributed by atoms with van der Waals surface area (Å²) in [5.74, 6) is 0.725. The molecule has 21 heavy (non-hydrogen) atoms. The van der Waals surface area contributed by atoms with Crippen LogP contribution < -0.4 is 9.47 Å². The van der Waals surface area contributed by atoms with E-state index in [9.17, 15) is 10.1 Å². The highest BCUT2D eigenvalue weighted by molar-refractivity contribution is 5.48. The van der Waals surface area contributed by atoms with Gasteiger partial charge in [0.05, 0.1) is 30.5 Å². The maximum absolute atomic E-state index is 10.9. The number of methoxy groups -OCH3 is 1. The van der Waals surface area contributed by atoms with Crippen molar-refractivity contribution in [2.24, 2.45) is 0 Å². The van der Waals surface area contributed by atoms with Gasteiger partial charge in [0.2, 0.25) is 0 Å². The third-order valence-corrected chi connectivity index (χ3v) is 2.81. The lowest BCUT2D eigenvalue weighted by atomic mass is 10.2. The van der Waals surface area contributed by atoms with Crippen molar-refractivity contribution < 1.29 is 19.5 Å². The molecule has 0 aliphatic carbocycles. The Hall–Kier alpha value is -2.67. The van der Waals surface area contributed by atoms with Crippen LogP contribution in [-0.4, -0.2) is 22.1 Å². The molecule has 0 atom stereocenters. The number of nitrogens with zero attached hydrogens (tertiary/aromatic N) is 2. The summed E-state index contributed by atoms with van der Waals surface area (Å²) < 4.78 is 10.4. The normalized spacial score (nSPS) is 10.2. The molecule has 7 nitrogen and oxygen atoms in total. The standard InChI is InChI=1S/C14H14N2O5/c1-20-14-5-2-10(6-13(14)16(18)19)9-21-12-4-3-11(8-17)15-7-12/h2-7,17H,8-9H2,1H3. The van der Waals surface area contributed by atoms with Crippen LogP contribution in [0.2, 0.25) is 0 Å². The van der Waals surface area contributed by atoms with Gasteiger partial charge in [-0.15, -0.1) is 0 Å². The van der Waals surface area contributed by atoms with Crippen LogP contribution >= 0.6 is 0 Å². The van der Waals surface area contributed by atoms with Crippen LogP contribution in [0.3, 0.4) is 0 Å². The van der Waals surface area contributed by atoms with E-state index in [1.807, 2.05) is 0 Å².